The predicted molar refractivity (Wildman–Crippen MR) is 84.1 cm³/mol. The second kappa shape index (κ2) is 8.03. The molecule has 1 aromatic rings. The zero-order chi connectivity index (χ0) is 15.1. The number of nitrogens with zero attached hydrogens (tertiary/aromatic N) is 1. The van der Waals surface area contributed by atoms with Crippen LogP contribution in [0, 0.1) is 0 Å². The summed E-state index contributed by atoms with van der Waals surface area (Å²) < 4.78 is 5.28. The van der Waals surface area contributed by atoms with E-state index in [1.165, 1.54) is 0 Å². The first-order valence-electron chi connectivity index (χ1n) is 7.90. The minimum Gasteiger partial charge on any atom is -0.445 e. The normalized spacial score (nSPS) is 20.8. The van der Waals surface area contributed by atoms with Gasteiger partial charge in [-0.25, -0.2) is 4.79 Å². The van der Waals surface area contributed by atoms with Gasteiger partial charge in [0.1, 0.15) is 6.61 Å². The number of amides is 1. The van der Waals surface area contributed by atoms with Crippen molar-refractivity contribution in [3.8, 4) is 0 Å². The van der Waals surface area contributed by atoms with Crippen LogP contribution in [0.3, 0.4) is 0 Å². The summed E-state index contributed by atoms with van der Waals surface area (Å²) in [5.74, 6) is 0. The van der Waals surface area contributed by atoms with Crippen LogP contribution in [0.4, 0.5) is 4.79 Å². The Morgan fingerprint density at radius 3 is 2.90 bits per heavy atom. The van der Waals surface area contributed by atoms with E-state index in [0.29, 0.717) is 12.6 Å². The van der Waals surface area contributed by atoms with Crippen LogP contribution in [0.15, 0.2) is 30.3 Å². The third-order valence-electron chi connectivity index (χ3n) is 4.20. The van der Waals surface area contributed by atoms with E-state index in [0.717, 1.165) is 37.9 Å². The largest absolute Gasteiger partial charge is 0.445 e. The van der Waals surface area contributed by atoms with Gasteiger partial charge in [-0.3, -0.25) is 4.90 Å². The molecule has 4 heteroatoms. The van der Waals surface area contributed by atoms with Crippen LogP contribution < -0.4 is 5.32 Å². The van der Waals surface area contributed by atoms with Crippen molar-refractivity contribution in [3.63, 3.8) is 0 Å². The molecule has 1 saturated heterocycles. The van der Waals surface area contributed by atoms with E-state index >= 15 is 0 Å². The fourth-order valence-electron chi connectivity index (χ4n) is 2.71. The molecular weight excluding hydrogens is 264 g/mol. The van der Waals surface area contributed by atoms with Crippen LogP contribution in [-0.2, 0) is 11.3 Å². The van der Waals surface area contributed by atoms with Crippen molar-refractivity contribution in [2.45, 2.75) is 51.8 Å². The number of hydrogen-bond acceptors (Lipinski definition) is 3. The van der Waals surface area contributed by atoms with E-state index in [1.54, 1.807) is 0 Å². The van der Waals surface area contributed by atoms with Gasteiger partial charge in [-0.2, -0.15) is 0 Å². The van der Waals surface area contributed by atoms with Crippen molar-refractivity contribution >= 4 is 6.09 Å². The first kappa shape index (κ1) is 15.8. The fourth-order valence-corrected chi connectivity index (χ4v) is 2.71. The van der Waals surface area contributed by atoms with Crippen molar-refractivity contribution in [3.05, 3.63) is 35.9 Å². The average Bonchev–Trinajstić information content (AvgIpc) is 2.53. The van der Waals surface area contributed by atoms with Gasteiger partial charge < -0.3 is 10.1 Å². The van der Waals surface area contributed by atoms with Crippen molar-refractivity contribution in [2.75, 3.05) is 13.1 Å². The molecule has 1 amide bonds. The molecule has 2 atom stereocenters. The van der Waals surface area contributed by atoms with Crippen molar-refractivity contribution in [1.29, 1.82) is 0 Å². The molecule has 0 radical (unpaired) electrons. The summed E-state index contributed by atoms with van der Waals surface area (Å²) in [6.07, 6.45) is 3.00. The molecule has 2 unspecified atom stereocenters. The molecular formula is C17H26N2O2. The van der Waals surface area contributed by atoms with Crippen LogP contribution in [0.25, 0.3) is 0 Å². The minimum absolute atomic E-state index is 0.205. The Balaban J connectivity index is 1.74. The van der Waals surface area contributed by atoms with E-state index in [4.69, 9.17) is 4.74 Å². The Labute approximate surface area is 127 Å². The monoisotopic (exact) mass is 290 g/mol. The van der Waals surface area contributed by atoms with Gasteiger partial charge in [0, 0.05) is 18.6 Å². The summed E-state index contributed by atoms with van der Waals surface area (Å²) in [5, 5.41) is 3.00. The number of ether oxygens (including phenoxy) is 1. The Morgan fingerprint density at radius 1 is 1.43 bits per heavy atom. The number of piperidine rings is 1. The molecule has 1 aromatic carbocycles. The van der Waals surface area contributed by atoms with Gasteiger partial charge in [0.25, 0.3) is 0 Å². The maximum atomic E-state index is 11.9. The molecule has 21 heavy (non-hydrogen) atoms. The van der Waals surface area contributed by atoms with E-state index < -0.39 is 0 Å². The van der Waals surface area contributed by atoms with E-state index in [-0.39, 0.29) is 12.1 Å². The highest BCUT2D eigenvalue weighted by Crippen LogP contribution is 2.14. The fraction of sp³-hybridized carbons (Fsp3) is 0.588. The van der Waals surface area contributed by atoms with Gasteiger partial charge in [-0.15, -0.1) is 0 Å². The smallest absolute Gasteiger partial charge is 0.407 e. The lowest BCUT2D eigenvalue weighted by atomic mass is 10.0. The van der Waals surface area contributed by atoms with Crippen LogP contribution >= 0.6 is 0 Å². The molecule has 2 rings (SSSR count). The second-order valence-electron chi connectivity index (χ2n) is 5.80. The average molecular weight is 290 g/mol. The van der Waals surface area contributed by atoms with E-state index in [9.17, 15) is 4.79 Å². The van der Waals surface area contributed by atoms with Gasteiger partial charge in [0.15, 0.2) is 0 Å². The summed E-state index contributed by atoms with van der Waals surface area (Å²) in [5.41, 5.74) is 1.01. The van der Waals surface area contributed by atoms with E-state index in [1.807, 2.05) is 30.3 Å². The zero-order valence-corrected chi connectivity index (χ0v) is 13.0. The first-order valence-corrected chi connectivity index (χ1v) is 7.90. The molecule has 0 spiro atoms. The summed E-state index contributed by atoms with van der Waals surface area (Å²) in [6.45, 7) is 6.84. The van der Waals surface area contributed by atoms with E-state index in [2.05, 4.69) is 24.1 Å². The van der Waals surface area contributed by atoms with Crippen LogP contribution in [0.2, 0.25) is 0 Å². The third-order valence-corrected chi connectivity index (χ3v) is 4.20. The second-order valence-corrected chi connectivity index (χ2v) is 5.80. The highest BCUT2D eigenvalue weighted by atomic mass is 16.5. The topological polar surface area (TPSA) is 41.6 Å². The molecule has 1 aliphatic heterocycles. The number of hydrogen-bond donors (Lipinski definition) is 1. The lowest BCUT2D eigenvalue weighted by Crippen LogP contribution is -2.50. The van der Waals surface area contributed by atoms with Gasteiger partial charge in [0.2, 0.25) is 0 Å². The highest BCUT2D eigenvalue weighted by Gasteiger charge is 2.24. The molecule has 1 heterocycles. The lowest BCUT2D eigenvalue weighted by molar-refractivity contribution is 0.113. The SMILES string of the molecule is CCC(C)N1CCCC(NC(=O)OCc2ccccc2)C1. The summed E-state index contributed by atoms with van der Waals surface area (Å²) in [6, 6.07) is 10.5. The molecule has 0 aliphatic carbocycles. The lowest BCUT2D eigenvalue weighted by Gasteiger charge is -2.36. The Kier molecular flexibility index (Phi) is 6.05. The third kappa shape index (κ3) is 5.05. The molecule has 1 N–H and O–H groups in total. The van der Waals surface area contributed by atoms with Crippen LogP contribution in [0.1, 0.15) is 38.7 Å². The number of alkyl carbamates (subject to hydrolysis) is 1. The quantitative estimate of drug-likeness (QED) is 0.905. The number of nitrogens with one attached hydrogen (secondary N) is 1. The first-order chi connectivity index (χ1) is 10.2. The Bertz CT molecular complexity index is 436. The van der Waals surface area contributed by atoms with Gasteiger partial charge in [-0.05, 0) is 38.3 Å². The highest BCUT2D eigenvalue weighted by molar-refractivity contribution is 5.67. The number of carbonyl (C=O) groups is 1. The Morgan fingerprint density at radius 2 is 2.19 bits per heavy atom. The van der Waals surface area contributed by atoms with Crippen molar-refractivity contribution < 1.29 is 9.53 Å². The molecule has 0 aromatic heterocycles. The molecule has 0 saturated carbocycles. The number of rotatable bonds is 5. The predicted octanol–water partition coefficient (Wildman–Crippen LogP) is 3.18. The minimum atomic E-state index is -0.310. The summed E-state index contributed by atoms with van der Waals surface area (Å²) in [4.78, 5) is 14.3. The van der Waals surface area contributed by atoms with Crippen molar-refractivity contribution in [1.82, 2.24) is 10.2 Å². The van der Waals surface area contributed by atoms with Gasteiger partial charge in [0.05, 0.1) is 0 Å². The summed E-state index contributed by atoms with van der Waals surface area (Å²) >= 11 is 0. The maximum Gasteiger partial charge on any atom is 0.407 e. The standard InChI is InChI=1S/C17H26N2O2/c1-3-14(2)19-11-7-10-16(12-19)18-17(20)21-13-15-8-5-4-6-9-15/h4-6,8-9,14,16H,3,7,10-13H2,1-2H3,(H,18,20). The molecule has 1 fully saturated rings. The zero-order valence-electron chi connectivity index (χ0n) is 13.0. The Hall–Kier alpha value is -1.55. The number of likely N-dealkylation sites (tertiary alicyclic amines) is 1. The molecule has 1 aliphatic rings. The number of benzene rings is 1. The molecule has 4 nitrogen and oxygen atoms in total. The van der Waals surface area contributed by atoms with Crippen molar-refractivity contribution in [2.24, 2.45) is 0 Å². The maximum absolute atomic E-state index is 11.9. The number of carbonyl (C=O) groups excluding carboxylic acids is 1. The summed E-state index contributed by atoms with van der Waals surface area (Å²) in [7, 11) is 0. The molecule has 0 bridgehead atoms. The van der Waals surface area contributed by atoms with Gasteiger partial charge >= 0.3 is 6.09 Å². The van der Waals surface area contributed by atoms with Crippen LogP contribution in [-0.4, -0.2) is 36.2 Å². The van der Waals surface area contributed by atoms with Crippen LogP contribution in [0.5, 0.6) is 0 Å². The molecule has 116 valence electrons. The van der Waals surface area contributed by atoms with Gasteiger partial charge in [-0.1, -0.05) is 37.3 Å².